The van der Waals surface area contributed by atoms with Crippen molar-refractivity contribution in [2.24, 2.45) is 0 Å². The van der Waals surface area contributed by atoms with Gasteiger partial charge in [0.25, 0.3) is 0 Å². The fraction of sp³-hybridized carbons (Fsp3) is 0.538. The largest absolute Gasteiger partial charge is 0.504 e. The summed E-state index contributed by atoms with van der Waals surface area (Å²) in [6, 6.07) is 5.97. The van der Waals surface area contributed by atoms with E-state index in [0.717, 1.165) is 31.7 Å². The third-order valence-electron chi connectivity index (χ3n) is 3.38. The predicted octanol–water partition coefficient (Wildman–Crippen LogP) is 2.21. The fourth-order valence-electron chi connectivity index (χ4n) is 2.25. The minimum atomic E-state index is 0. The maximum Gasteiger partial charge on any atom is 0.160 e. The van der Waals surface area contributed by atoms with Gasteiger partial charge in [0, 0.05) is 32.2 Å². The number of phenolic OH excluding ortho intramolecular Hbond substituents is 1. The summed E-state index contributed by atoms with van der Waals surface area (Å²) in [4.78, 5) is 2.41. The predicted molar refractivity (Wildman–Crippen MR) is 82.0 cm³/mol. The highest BCUT2D eigenvalue weighted by molar-refractivity contribution is 5.85. The Morgan fingerprint density at radius 3 is 2.42 bits per heavy atom. The minimum Gasteiger partial charge on any atom is -0.504 e. The molecule has 1 aliphatic heterocycles. The Morgan fingerprint density at radius 2 is 1.89 bits per heavy atom. The summed E-state index contributed by atoms with van der Waals surface area (Å²) in [5.74, 6) is 0.744. The van der Waals surface area contributed by atoms with Crippen LogP contribution in [0, 0.1) is 0 Å². The Balaban J connectivity index is 0.00000162. The second kappa shape index (κ2) is 8.48. The van der Waals surface area contributed by atoms with Crippen LogP contribution in [0.25, 0.3) is 0 Å². The lowest BCUT2D eigenvalue weighted by Gasteiger charge is -2.33. The first kappa shape index (κ1) is 18.3. The molecular formula is C13H22Cl2N2O2. The number of methoxy groups -OCH3 is 1. The number of phenols is 1. The third kappa shape index (κ3) is 4.42. The molecule has 0 aromatic heterocycles. The van der Waals surface area contributed by atoms with E-state index in [4.69, 9.17) is 4.74 Å². The van der Waals surface area contributed by atoms with Crippen molar-refractivity contribution in [2.45, 2.75) is 13.0 Å². The van der Waals surface area contributed by atoms with Crippen LogP contribution in [0.15, 0.2) is 18.2 Å². The molecule has 0 amide bonds. The summed E-state index contributed by atoms with van der Waals surface area (Å²) in [6.45, 7) is 6.34. The van der Waals surface area contributed by atoms with Crippen LogP contribution in [0.3, 0.4) is 0 Å². The van der Waals surface area contributed by atoms with E-state index in [0.29, 0.717) is 11.8 Å². The van der Waals surface area contributed by atoms with Gasteiger partial charge in [0.15, 0.2) is 11.5 Å². The van der Waals surface area contributed by atoms with Gasteiger partial charge in [-0.25, -0.2) is 0 Å². The lowest BCUT2D eigenvalue weighted by Crippen LogP contribution is -2.44. The molecule has 0 unspecified atom stereocenters. The van der Waals surface area contributed by atoms with E-state index in [1.807, 2.05) is 12.1 Å². The van der Waals surface area contributed by atoms with Crippen LogP contribution < -0.4 is 10.1 Å². The third-order valence-corrected chi connectivity index (χ3v) is 3.38. The highest BCUT2D eigenvalue weighted by Crippen LogP contribution is 2.30. The van der Waals surface area contributed by atoms with Crippen LogP contribution in [-0.2, 0) is 0 Å². The molecule has 19 heavy (non-hydrogen) atoms. The van der Waals surface area contributed by atoms with Gasteiger partial charge < -0.3 is 15.2 Å². The van der Waals surface area contributed by atoms with Gasteiger partial charge in [-0.1, -0.05) is 6.07 Å². The molecule has 1 aliphatic rings. The van der Waals surface area contributed by atoms with Crippen molar-refractivity contribution in [1.82, 2.24) is 10.2 Å². The Morgan fingerprint density at radius 1 is 1.26 bits per heavy atom. The fourth-order valence-corrected chi connectivity index (χ4v) is 2.25. The van der Waals surface area contributed by atoms with E-state index < -0.39 is 0 Å². The Hall–Kier alpha value is -0.680. The van der Waals surface area contributed by atoms with E-state index in [9.17, 15) is 5.11 Å². The number of nitrogens with zero attached hydrogens (tertiary/aromatic N) is 1. The first-order chi connectivity index (χ1) is 8.22. The molecule has 1 heterocycles. The molecule has 0 aliphatic carbocycles. The van der Waals surface area contributed by atoms with E-state index in [2.05, 4.69) is 17.1 Å². The smallest absolute Gasteiger partial charge is 0.160 e. The number of aromatic hydroxyl groups is 1. The van der Waals surface area contributed by atoms with Crippen molar-refractivity contribution in [3.63, 3.8) is 0 Å². The molecule has 110 valence electrons. The standard InChI is InChI=1S/C13H20N2O2.2ClH/c1-10(15-7-5-14-6-8-15)11-3-4-13(17-2)12(16)9-11;;/h3-4,9-10,14,16H,5-8H2,1-2H3;2*1H/t10-;;/m1../s1. The van der Waals surface area contributed by atoms with Crippen molar-refractivity contribution in [2.75, 3.05) is 33.3 Å². The van der Waals surface area contributed by atoms with Gasteiger partial charge in [0.1, 0.15) is 0 Å². The zero-order valence-corrected chi connectivity index (χ0v) is 12.9. The number of hydrogen-bond acceptors (Lipinski definition) is 4. The number of piperazine rings is 1. The molecule has 2 N–H and O–H groups in total. The molecule has 1 atom stereocenters. The molecule has 1 aromatic carbocycles. The summed E-state index contributed by atoms with van der Waals surface area (Å²) in [5.41, 5.74) is 1.13. The van der Waals surface area contributed by atoms with Crippen molar-refractivity contribution in [1.29, 1.82) is 0 Å². The number of nitrogens with one attached hydrogen (secondary N) is 1. The number of rotatable bonds is 3. The zero-order chi connectivity index (χ0) is 12.3. The summed E-state index contributed by atoms with van der Waals surface area (Å²) in [5, 5.41) is 13.1. The normalized spacial score (nSPS) is 16.9. The van der Waals surface area contributed by atoms with Gasteiger partial charge in [0.05, 0.1) is 7.11 Å². The Bertz CT molecular complexity index is 385. The van der Waals surface area contributed by atoms with E-state index >= 15 is 0 Å². The highest BCUT2D eigenvalue weighted by atomic mass is 35.5. The van der Waals surface area contributed by atoms with Crippen molar-refractivity contribution >= 4 is 24.8 Å². The van der Waals surface area contributed by atoms with Crippen molar-refractivity contribution in [3.8, 4) is 11.5 Å². The highest BCUT2D eigenvalue weighted by Gasteiger charge is 2.18. The second-order valence-corrected chi connectivity index (χ2v) is 4.39. The van der Waals surface area contributed by atoms with Crippen LogP contribution in [-0.4, -0.2) is 43.3 Å². The molecule has 4 nitrogen and oxygen atoms in total. The zero-order valence-electron chi connectivity index (χ0n) is 11.3. The monoisotopic (exact) mass is 308 g/mol. The molecule has 6 heteroatoms. The van der Waals surface area contributed by atoms with E-state index in [1.54, 1.807) is 13.2 Å². The van der Waals surface area contributed by atoms with Crippen molar-refractivity contribution in [3.05, 3.63) is 23.8 Å². The maximum absolute atomic E-state index is 9.78. The molecule has 0 radical (unpaired) electrons. The van der Waals surface area contributed by atoms with Crippen LogP contribution >= 0.6 is 24.8 Å². The molecule has 2 rings (SSSR count). The molecule has 1 saturated heterocycles. The summed E-state index contributed by atoms with van der Waals surface area (Å²) in [6.07, 6.45) is 0. The maximum atomic E-state index is 9.78. The second-order valence-electron chi connectivity index (χ2n) is 4.39. The summed E-state index contributed by atoms with van der Waals surface area (Å²) in [7, 11) is 1.56. The van der Waals surface area contributed by atoms with Gasteiger partial charge in [0.2, 0.25) is 0 Å². The van der Waals surface area contributed by atoms with Crippen LogP contribution in [0.1, 0.15) is 18.5 Å². The van der Waals surface area contributed by atoms with E-state index in [1.165, 1.54) is 0 Å². The van der Waals surface area contributed by atoms with Crippen molar-refractivity contribution < 1.29 is 9.84 Å². The molecule has 1 fully saturated rings. The van der Waals surface area contributed by atoms with Gasteiger partial charge in [-0.15, -0.1) is 24.8 Å². The van der Waals surface area contributed by atoms with Gasteiger partial charge in [-0.05, 0) is 24.6 Å². The minimum absolute atomic E-state index is 0. The summed E-state index contributed by atoms with van der Waals surface area (Å²) < 4.78 is 5.05. The van der Waals surface area contributed by atoms with Gasteiger partial charge >= 0.3 is 0 Å². The Labute approximate surface area is 127 Å². The average molecular weight is 309 g/mol. The lowest BCUT2D eigenvalue weighted by molar-refractivity contribution is 0.185. The molecular weight excluding hydrogens is 287 g/mol. The molecule has 0 saturated carbocycles. The van der Waals surface area contributed by atoms with Crippen LogP contribution in [0.5, 0.6) is 11.5 Å². The SMILES string of the molecule is COc1ccc([C@@H](C)N2CCNCC2)cc1O.Cl.Cl. The Kier molecular flexibility index (Phi) is 8.18. The molecule has 1 aromatic rings. The average Bonchev–Trinajstić information content (AvgIpc) is 2.39. The lowest BCUT2D eigenvalue weighted by atomic mass is 10.1. The quantitative estimate of drug-likeness (QED) is 0.898. The van der Waals surface area contributed by atoms with E-state index in [-0.39, 0.29) is 30.6 Å². The molecule has 0 bridgehead atoms. The molecule has 0 spiro atoms. The first-order valence-electron chi connectivity index (χ1n) is 6.04. The van der Waals surface area contributed by atoms with Gasteiger partial charge in [-0.2, -0.15) is 0 Å². The number of ether oxygens (including phenoxy) is 1. The van der Waals surface area contributed by atoms with Crippen LogP contribution in [0.2, 0.25) is 0 Å². The number of benzene rings is 1. The van der Waals surface area contributed by atoms with Gasteiger partial charge in [-0.3, -0.25) is 4.90 Å². The number of halogens is 2. The van der Waals surface area contributed by atoms with Crippen LogP contribution in [0.4, 0.5) is 0 Å². The number of hydrogen-bond donors (Lipinski definition) is 2. The topological polar surface area (TPSA) is 44.7 Å². The first-order valence-corrected chi connectivity index (χ1v) is 6.04. The summed E-state index contributed by atoms with van der Waals surface area (Å²) >= 11 is 0.